The lowest BCUT2D eigenvalue weighted by Gasteiger charge is -2.23. The predicted octanol–water partition coefficient (Wildman–Crippen LogP) is 2.56. The van der Waals surface area contributed by atoms with Gasteiger partial charge in [-0.2, -0.15) is 11.8 Å². The SMILES string of the molecule is CCOC(=O)C(O)c1ccc(OC2CCSCC2)cc1. The molecule has 0 saturated carbocycles. The molecular formula is C15H20O4S. The fraction of sp³-hybridized carbons (Fsp3) is 0.533. The normalized spacial score (nSPS) is 17.5. The summed E-state index contributed by atoms with van der Waals surface area (Å²) in [6.45, 7) is 1.97. The highest BCUT2D eigenvalue weighted by Crippen LogP contribution is 2.24. The van der Waals surface area contributed by atoms with E-state index in [4.69, 9.17) is 9.47 Å². The van der Waals surface area contributed by atoms with E-state index in [0.717, 1.165) is 30.1 Å². The first kappa shape index (κ1) is 15.2. The van der Waals surface area contributed by atoms with Crippen molar-refractivity contribution in [1.82, 2.24) is 0 Å². The molecule has 1 atom stereocenters. The van der Waals surface area contributed by atoms with Crippen molar-refractivity contribution in [3.8, 4) is 5.75 Å². The monoisotopic (exact) mass is 296 g/mol. The van der Waals surface area contributed by atoms with Crippen molar-refractivity contribution in [3.05, 3.63) is 29.8 Å². The van der Waals surface area contributed by atoms with Crippen LogP contribution >= 0.6 is 11.8 Å². The zero-order chi connectivity index (χ0) is 14.4. The van der Waals surface area contributed by atoms with Gasteiger partial charge >= 0.3 is 5.97 Å². The lowest BCUT2D eigenvalue weighted by Crippen LogP contribution is -2.22. The highest BCUT2D eigenvalue weighted by molar-refractivity contribution is 7.99. The van der Waals surface area contributed by atoms with Crippen LogP contribution in [0.5, 0.6) is 5.75 Å². The number of aliphatic hydroxyl groups is 1. The second kappa shape index (κ2) is 7.55. The highest BCUT2D eigenvalue weighted by Gasteiger charge is 2.19. The molecule has 0 aliphatic carbocycles. The van der Waals surface area contributed by atoms with Gasteiger partial charge in [0.2, 0.25) is 0 Å². The van der Waals surface area contributed by atoms with Crippen molar-refractivity contribution < 1.29 is 19.4 Å². The number of ether oxygens (including phenoxy) is 2. The molecule has 1 aliphatic heterocycles. The first-order chi connectivity index (χ1) is 9.70. The van der Waals surface area contributed by atoms with Crippen LogP contribution in [0, 0.1) is 0 Å². The molecule has 1 N–H and O–H groups in total. The molecule has 20 heavy (non-hydrogen) atoms. The number of esters is 1. The molecule has 2 rings (SSSR count). The van der Waals surface area contributed by atoms with Gasteiger partial charge in [-0.1, -0.05) is 12.1 Å². The van der Waals surface area contributed by atoms with Gasteiger partial charge in [-0.25, -0.2) is 4.79 Å². The Balaban J connectivity index is 1.93. The van der Waals surface area contributed by atoms with Gasteiger partial charge in [-0.15, -0.1) is 0 Å². The van der Waals surface area contributed by atoms with E-state index < -0.39 is 12.1 Å². The summed E-state index contributed by atoms with van der Waals surface area (Å²) >= 11 is 1.96. The largest absolute Gasteiger partial charge is 0.490 e. The topological polar surface area (TPSA) is 55.8 Å². The third-order valence-electron chi connectivity index (χ3n) is 3.18. The van der Waals surface area contributed by atoms with Crippen LogP contribution < -0.4 is 4.74 Å². The number of thioether (sulfide) groups is 1. The molecule has 1 aromatic rings. The van der Waals surface area contributed by atoms with Crippen LogP contribution in [0.2, 0.25) is 0 Å². The smallest absolute Gasteiger partial charge is 0.339 e. The van der Waals surface area contributed by atoms with E-state index in [1.807, 2.05) is 11.8 Å². The zero-order valence-electron chi connectivity index (χ0n) is 11.6. The van der Waals surface area contributed by atoms with Gasteiger partial charge in [0.25, 0.3) is 0 Å². The molecule has 0 aromatic heterocycles. The molecule has 0 bridgehead atoms. The molecule has 1 unspecified atom stereocenters. The van der Waals surface area contributed by atoms with Crippen LogP contribution in [0.1, 0.15) is 31.4 Å². The standard InChI is InChI=1S/C15H20O4S/c1-2-18-15(17)14(16)11-3-5-12(6-4-11)19-13-7-9-20-10-8-13/h3-6,13-14,16H,2,7-10H2,1H3. The Hall–Kier alpha value is -1.20. The summed E-state index contributed by atoms with van der Waals surface area (Å²) in [6.07, 6.45) is 1.18. The van der Waals surface area contributed by atoms with Crippen LogP contribution in [0.4, 0.5) is 0 Å². The van der Waals surface area contributed by atoms with Crippen molar-refractivity contribution in [3.63, 3.8) is 0 Å². The Morgan fingerprint density at radius 2 is 2.00 bits per heavy atom. The van der Waals surface area contributed by atoms with Crippen LogP contribution in [0.25, 0.3) is 0 Å². The van der Waals surface area contributed by atoms with Crippen LogP contribution in [0.3, 0.4) is 0 Å². The van der Waals surface area contributed by atoms with Crippen LogP contribution in [-0.2, 0) is 9.53 Å². The summed E-state index contributed by atoms with van der Waals surface area (Å²) in [5.41, 5.74) is 0.523. The minimum Gasteiger partial charge on any atom is -0.490 e. The molecule has 5 heteroatoms. The fourth-order valence-corrected chi connectivity index (χ4v) is 3.14. The van der Waals surface area contributed by atoms with E-state index in [0.29, 0.717) is 5.56 Å². The van der Waals surface area contributed by atoms with Gasteiger partial charge in [0.05, 0.1) is 6.61 Å². The maximum Gasteiger partial charge on any atom is 0.339 e. The number of hydrogen-bond donors (Lipinski definition) is 1. The van der Waals surface area contributed by atoms with E-state index in [1.54, 1.807) is 31.2 Å². The molecule has 1 fully saturated rings. The average molecular weight is 296 g/mol. The Morgan fingerprint density at radius 1 is 1.35 bits per heavy atom. The Bertz CT molecular complexity index is 426. The first-order valence-corrected chi connectivity index (χ1v) is 8.05. The maximum atomic E-state index is 11.4. The Kier molecular flexibility index (Phi) is 5.73. The third-order valence-corrected chi connectivity index (χ3v) is 4.23. The number of benzene rings is 1. The van der Waals surface area contributed by atoms with E-state index in [1.165, 1.54) is 0 Å². The third kappa shape index (κ3) is 4.15. The van der Waals surface area contributed by atoms with E-state index >= 15 is 0 Å². The van der Waals surface area contributed by atoms with Gasteiger partial charge in [0.15, 0.2) is 6.10 Å². The summed E-state index contributed by atoms with van der Waals surface area (Å²) in [4.78, 5) is 11.4. The molecule has 1 aromatic carbocycles. The molecule has 0 spiro atoms. The molecule has 0 radical (unpaired) electrons. The van der Waals surface area contributed by atoms with Crippen molar-refractivity contribution >= 4 is 17.7 Å². The number of rotatable bonds is 5. The molecular weight excluding hydrogens is 276 g/mol. The zero-order valence-corrected chi connectivity index (χ0v) is 12.4. The Labute approximate surface area is 123 Å². The summed E-state index contributed by atoms with van der Waals surface area (Å²) < 4.78 is 10.7. The van der Waals surface area contributed by atoms with E-state index in [9.17, 15) is 9.90 Å². The van der Waals surface area contributed by atoms with Crippen LogP contribution in [-0.4, -0.2) is 35.3 Å². The summed E-state index contributed by atoms with van der Waals surface area (Å²) in [5, 5.41) is 9.81. The van der Waals surface area contributed by atoms with Gasteiger partial charge in [0.1, 0.15) is 11.9 Å². The number of hydrogen-bond acceptors (Lipinski definition) is 5. The lowest BCUT2D eigenvalue weighted by molar-refractivity contribution is -0.153. The van der Waals surface area contributed by atoms with Gasteiger partial charge in [-0.05, 0) is 49.0 Å². The molecule has 0 amide bonds. The fourth-order valence-electron chi connectivity index (χ4n) is 2.07. The summed E-state index contributed by atoms with van der Waals surface area (Å²) in [6, 6.07) is 6.99. The molecule has 110 valence electrons. The average Bonchev–Trinajstić information content (AvgIpc) is 2.48. The molecule has 1 heterocycles. The highest BCUT2D eigenvalue weighted by atomic mass is 32.2. The number of aliphatic hydroxyl groups excluding tert-OH is 1. The van der Waals surface area contributed by atoms with Gasteiger partial charge in [-0.3, -0.25) is 0 Å². The van der Waals surface area contributed by atoms with Crippen molar-refractivity contribution in [2.45, 2.75) is 32.0 Å². The van der Waals surface area contributed by atoms with Crippen LogP contribution in [0.15, 0.2) is 24.3 Å². The number of carbonyl (C=O) groups is 1. The number of carbonyl (C=O) groups excluding carboxylic acids is 1. The minimum atomic E-state index is -1.23. The molecule has 1 aliphatic rings. The first-order valence-electron chi connectivity index (χ1n) is 6.89. The van der Waals surface area contributed by atoms with Gasteiger partial charge < -0.3 is 14.6 Å². The van der Waals surface area contributed by atoms with Crippen molar-refractivity contribution in [2.75, 3.05) is 18.1 Å². The summed E-state index contributed by atoms with van der Waals surface area (Å²) in [7, 11) is 0. The minimum absolute atomic E-state index is 0.261. The maximum absolute atomic E-state index is 11.4. The van der Waals surface area contributed by atoms with E-state index in [-0.39, 0.29) is 12.7 Å². The van der Waals surface area contributed by atoms with Crippen molar-refractivity contribution in [2.24, 2.45) is 0 Å². The quantitative estimate of drug-likeness (QED) is 0.846. The molecule has 4 nitrogen and oxygen atoms in total. The molecule has 1 saturated heterocycles. The Morgan fingerprint density at radius 3 is 2.60 bits per heavy atom. The second-order valence-electron chi connectivity index (χ2n) is 4.65. The predicted molar refractivity (Wildman–Crippen MR) is 79.0 cm³/mol. The van der Waals surface area contributed by atoms with E-state index in [2.05, 4.69) is 0 Å². The summed E-state index contributed by atoms with van der Waals surface area (Å²) in [5.74, 6) is 2.45. The van der Waals surface area contributed by atoms with Gasteiger partial charge in [0, 0.05) is 0 Å². The lowest BCUT2D eigenvalue weighted by atomic mass is 10.1. The van der Waals surface area contributed by atoms with Crippen molar-refractivity contribution in [1.29, 1.82) is 0 Å². The second-order valence-corrected chi connectivity index (χ2v) is 5.88.